The van der Waals surface area contributed by atoms with Gasteiger partial charge in [-0.1, -0.05) is 30.3 Å². The molecule has 2 aromatic rings. The zero-order valence-electron chi connectivity index (χ0n) is 13.4. The Labute approximate surface area is 140 Å². The van der Waals surface area contributed by atoms with Crippen LogP contribution in [-0.4, -0.2) is 58.9 Å². The van der Waals surface area contributed by atoms with Crippen molar-refractivity contribution in [3.8, 4) is 0 Å². The van der Waals surface area contributed by atoms with Gasteiger partial charge in [0.15, 0.2) is 0 Å². The van der Waals surface area contributed by atoms with Gasteiger partial charge in [-0.25, -0.2) is 4.79 Å². The average molecular weight is 324 g/mol. The van der Waals surface area contributed by atoms with Crippen LogP contribution in [0.4, 0.5) is 4.79 Å². The Balaban J connectivity index is 1.49. The Kier molecular flexibility index (Phi) is 3.72. The first-order valence-corrected chi connectivity index (χ1v) is 8.25. The number of nitrogens with one attached hydrogen (secondary N) is 2. The molecule has 2 saturated heterocycles. The van der Waals surface area contributed by atoms with E-state index in [1.54, 1.807) is 6.20 Å². The molecule has 24 heavy (non-hydrogen) atoms. The molecule has 0 aliphatic carbocycles. The lowest BCUT2D eigenvalue weighted by Gasteiger charge is -2.36. The Morgan fingerprint density at radius 1 is 1.17 bits per heavy atom. The Bertz CT molecular complexity index is 755. The molecule has 0 radical (unpaired) electrons. The number of rotatable bonds is 3. The minimum atomic E-state index is -0.0153. The largest absolute Gasteiger partial charge is 0.367 e. The van der Waals surface area contributed by atoms with Gasteiger partial charge < -0.3 is 20.1 Å². The van der Waals surface area contributed by atoms with Crippen molar-refractivity contribution in [3.63, 3.8) is 0 Å². The van der Waals surface area contributed by atoms with Crippen molar-refractivity contribution >= 4 is 11.9 Å². The molecular formula is C18H20N4O2. The minimum Gasteiger partial charge on any atom is -0.367 e. The van der Waals surface area contributed by atoms with Crippen molar-refractivity contribution in [1.82, 2.24) is 20.1 Å². The highest BCUT2D eigenvalue weighted by Crippen LogP contribution is 2.20. The number of carbonyl (C=O) groups is 2. The van der Waals surface area contributed by atoms with Crippen molar-refractivity contribution in [2.75, 3.05) is 26.2 Å². The Hall–Kier alpha value is -2.76. The summed E-state index contributed by atoms with van der Waals surface area (Å²) in [7, 11) is 0. The van der Waals surface area contributed by atoms with E-state index in [4.69, 9.17) is 0 Å². The fourth-order valence-corrected chi connectivity index (χ4v) is 3.52. The highest BCUT2D eigenvalue weighted by molar-refractivity contribution is 5.96. The van der Waals surface area contributed by atoms with E-state index in [0.717, 1.165) is 17.5 Å². The van der Waals surface area contributed by atoms with Gasteiger partial charge in [0.25, 0.3) is 5.91 Å². The van der Waals surface area contributed by atoms with Crippen LogP contribution in [0.1, 0.15) is 21.5 Å². The van der Waals surface area contributed by atoms with E-state index in [-0.39, 0.29) is 18.0 Å². The van der Waals surface area contributed by atoms with Crippen molar-refractivity contribution in [1.29, 1.82) is 0 Å². The molecule has 2 N–H and O–H groups in total. The fourth-order valence-electron chi connectivity index (χ4n) is 3.52. The number of H-pyrrole nitrogens is 1. The highest BCUT2D eigenvalue weighted by atomic mass is 16.2. The van der Waals surface area contributed by atoms with Crippen LogP contribution in [0.3, 0.4) is 0 Å². The molecule has 2 aliphatic rings. The second-order valence-corrected chi connectivity index (χ2v) is 6.34. The first-order valence-electron chi connectivity index (χ1n) is 8.25. The van der Waals surface area contributed by atoms with E-state index in [9.17, 15) is 9.59 Å². The molecule has 3 amide bonds. The summed E-state index contributed by atoms with van der Waals surface area (Å²) >= 11 is 0. The number of aromatic amines is 1. The van der Waals surface area contributed by atoms with Crippen LogP contribution in [0.15, 0.2) is 42.7 Å². The lowest BCUT2D eigenvalue weighted by atomic mass is 10.0. The van der Waals surface area contributed by atoms with Crippen molar-refractivity contribution in [2.45, 2.75) is 12.5 Å². The quantitative estimate of drug-likeness (QED) is 0.897. The molecule has 0 bridgehead atoms. The number of benzene rings is 1. The first-order chi connectivity index (χ1) is 11.7. The van der Waals surface area contributed by atoms with Gasteiger partial charge in [-0.15, -0.1) is 0 Å². The SMILES string of the molecule is O=C(c1c[nH]cc1Cc1ccccc1)N1CCN2C(=O)NCC2C1. The van der Waals surface area contributed by atoms with Crippen LogP contribution in [-0.2, 0) is 6.42 Å². The third-order valence-electron chi connectivity index (χ3n) is 4.82. The molecule has 0 saturated carbocycles. The predicted molar refractivity (Wildman–Crippen MR) is 89.8 cm³/mol. The van der Waals surface area contributed by atoms with Crippen molar-refractivity contribution < 1.29 is 9.59 Å². The van der Waals surface area contributed by atoms with Crippen LogP contribution >= 0.6 is 0 Å². The summed E-state index contributed by atoms with van der Waals surface area (Å²) < 4.78 is 0. The van der Waals surface area contributed by atoms with Crippen LogP contribution in [0.2, 0.25) is 0 Å². The summed E-state index contributed by atoms with van der Waals surface area (Å²) in [6, 6.07) is 10.2. The third kappa shape index (κ3) is 2.64. The molecule has 2 aliphatic heterocycles. The molecule has 4 rings (SSSR count). The number of urea groups is 1. The van der Waals surface area contributed by atoms with Gasteiger partial charge in [-0.3, -0.25) is 4.79 Å². The van der Waals surface area contributed by atoms with Crippen molar-refractivity contribution in [2.24, 2.45) is 0 Å². The van der Waals surface area contributed by atoms with E-state index < -0.39 is 0 Å². The summed E-state index contributed by atoms with van der Waals surface area (Å²) in [4.78, 5) is 31.4. The molecule has 124 valence electrons. The van der Waals surface area contributed by atoms with Gasteiger partial charge in [0.05, 0.1) is 11.6 Å². The summed E-state index contributed by atoms with van der Waals surface area (Å²) in [6.07, 6.45) is 4.41. The number of hydrogen-bond donors (Lipinski definition) is 2. The number of fused-ring (bicyclic) bond motifs is 1. The zero-order valence-corrected chi connectivity index (χ0v) is 13.4. The molecule has 6 nitrogen and oxygen atoms in total. The molecule has 1 unspecified atom stereocenters. The van der Waals surface area contributed by atoms with Gasteiger partial charge >= 0.3 is 6.03 Å². The second-order valence-electron chi connectivity index (χ2n) is 6.34. The molecule has 0 spiro atoms. The summed E-state index contributed by atoms with van der Waals surface area (Å²) in [6.45, 7) is 2.39. The van der Waals surface area contributed by atoms with E-state index >= 15 is 0 Å². The number of carbonyl (C=O) groups excluding carboxylic acids is 2. The van der Waals surface area contributed by atoms with E-state index in [0.29, 0.717) is 26.2 Å². The molecular weight excluding hydrogens is 304 g/mol. The maximum absolute atomic E-state index is 12.9. The van der Waals surface area contributed by atoms with Gasteiger partial charge in [-0.05, 0) is 17.5 Å². The maximum atomic E-state index is 12.9. The monoisotopic (exact) mass is 324 g/mol. The lowest BCUT2D eigenvalue weighted by Crippen LogP contribution is -2.53. The molecule has 3 heterocycles. The van der Waals surface area contributed by atoms with E-state index in [2.05, 4.69) is 22.4 Å². The highest BCUT2D eigenvalue weighted by Gasteiger charge is 2.37. The molecule has 1 aromatic carbocycles. The van der Waals surface area contributed by atoms with Gasteiger partial charge in [0.1, 0.15) is 0 Å². The lowest BCUT2D eigenvalue weighted by molar-refractivity contribution is 0.0616. The number of nitrogens with zero attached hydrogens (tertiary/aromatic N) is 2. The molecule has 1 aromatic heterocycles. The fraction of sp³-hybridized carbons (Fsp3) is 0.333. The smallest absolute Gasteiger partial charge is 0.317 e. The third-order valence-corrected chi connectivity index (χ3v) is 4.82. The number of aromatic nitrogens is 1. The van der Waals surface area contributed by atoms with Crippen LogP contribution in [0.25, 0.3) is 0 Å². The van der Waals surface area contributed by atoms with Crippen LogP contribution < -0.4 is 5.32 Å². The summed E-state index contributed by atoms with van der Waals surface area (Å²) in [5, 5.41) is 2.84. The predicted octanol–water partition coefficient (Wildman–Crippen LogP) is 1.46. The van der Waals surface area contributed by atoms with E-state index in [1.807, 2.05) is 34.2 Å². The molecule has 2 fully saturated rings. The molecule has 1 atom stereocenters. The van der Waals surface area contributed by atoms with Crippen LogP contribution in [0, 0.1) is 0 Å². The van der Waals surface area contributed by atoms with Crippen LogP contribution in [0.5, 0.6) is 0 Å². The number of piperazine rings is 1. The topological polar surface area (TPSA) is 68.4 Å². The summed E-state index contributed by atoms with van der Waals surface area (Å²) in [5.74, 6) is 0.0428. The number of hydrogen-bond acceptors (Lipinski definition) is 2. The Morgan fingerprint density at radius 3 is 2.83 bits per heavy atom. The zero-order chi connectivity index (χ0) is 16.5. The Morgan fingerprint density at radius 2 is 2.00 bits per heavy atom. The van der Waals surface area contributed by atoms with E-state index in [1.165, 1.54) is 5.56 Å². The minimum absolute atomic E-state index is 0.0153. The standard InChI is InChI=1S/C18H20N4O2/c23-17(21-6-7-22-15(12-21)10-20-18(22)24)16-11-19-9-14(16)8-13-4-2-1-3-5-13/h1-5,9,11,15,19H,6-8,10,12H2,(H,20,24). The van der Waals surface area contributed by atoms with Gasteiger partial charge in [0.2, 0.25) is 0 Å². The number of amides is 3. The average Bonchev–Trinajstić information content (AvgIpc) is 3.22. The normalized spacial score (nSPS) is 20.0. The molecule has 6 heteroatoms. The second kappa shape index (κ2) is 6.03. The maximum Gasteiger partial charge on any atom is 0.317 e. The summed E-state index contributed by atoms with van der Waals surface area (Å²) in [5.41, 5.74) is 2.92. The van der Waals surface area contributed by atoms with Crippen molar-refractivity contribution in [3.05, 3.63) is 59.4 Å². The van der Waals surface area contributed by atoms with Gasteiger partial charge in [0, 0.05) is 38.6 Å². The van der Waals surface area contributed by atoms with Gasteiger partial charge in [-0.2, -0.15) is 0 Å². The first kappa shape index (κ1) is 14.8.